The molecule has 10 nitrogen and oxygen atoms in total. The molecule has 2 N–H and O–H groups in total. The first-order valence-corrected chi connectivity index (χ1v) is 12.3. The molecule has 0 unspecified atom stereocenters. The summed E-state index contributed by atoms with van der Waals surface area (Å²) in [4.78, 5) is 16.1. The van der Waals surface area contributed by atoms with Gasteiger partial charge in [0.15, 0.2) is 0 Å². The molecule has 0 fully saturated rings. The van der Waals surface area contributed by atoms with Crippen molar-refractivity contribution in [3.63, 3.8) is 0 Å². The van der Waals surface area contributed by atoms with Crippen LogP contribution < -0.4 is 10.0 Å². The van der Waals surface area contributed by atoms with Crippen molar-refractivity contribution in [2.24, 2.45) is 4.99 Å². The summed E-state index contributed by atoms with van der Waals surface area (Å²) in [6.45, 7) is 5.28. The van der Waals surface area contributed by atoms with Crippen LogP contribution in [0.2, 0.25) is 0 Å². The highest BCUT2D eigenvalue weighted by atomic mass is 32.2. The number of aliphatic imine (C=N–C) groups is 1. The third kappa shape index (κ3) is 5.72. The number of sulfonamides is 1. The van der Waals surface area contributed by atoms with Gasteiger partial charge in [-0.15, -0.1) is 4.28 Å². The van der Waals surface area contributed by atoms with Crippen molar-refractivity contribution in [3.8, 4) is 0 Å². The van der Waals surface area contributed by atoms with Crippen LogP contribution in [-0.2, 0) is 24.4 Å². The average Bonchev–Trinajstić information content (AvgIpc) is 2.70. The van der Waals surface area contributed by atoms with Crippen molar-refractivity contribution in [3.05, 3.63) is 71.4 Å². The molecule has 2 aromatic carbocycles. The minimum absolute atomic E-state index is 0.0189. The van der Waals surface area contributed by atoms with Crippen LogP contribution in [0.5, 0.6) is 0 Å². The zero-order chi connectivity index (χ0) is 23.5. The van der Waals surface area contributed by atoms with E-state index in [4.69, 9.17) is 4.28 Å². The Bertz CT molecular complexity index is 1280. The number of hydrogen-bond donors (Lipinski definition) is 2. The Balaban J connectivity index is 1.75. The van der Waals surface area contributed by atoms with E-state index in [1.165, 1.54) is 30.5 Å². The summed E-state index contributed by atoms with van der Waals surface area (Å²) >= 11 is 0. The van der Waals surface area contributed by atoms with Crippen molar-refractivity contribution < 1.29 is 25.9 Å². The van der Waals surface area contributed by atoms with E-state index in [0.29, 0.717) is 5.57 Å². The number of aryl methyl sites for hydroxylation is 2. The van der Waals surface area contributed by atoms with Crippen molar-refractivity contribution in [2.45, 2.75) is 30.6 Å². The lowest BCUT2D eigenvalue weighted by molar-refractivity contribution is 0.0316. The molecule has 1 heterocycles. The fourth-order valence-corrected chi connectivity index (χ4v) is 4.45. The van der Waals surface area contributed by atoms with E-state index in [-0.39, 0.29) is 22.3 Å². The molecule has 0 aromatic heterocycles. The molecule has 2 aromatic rings. The van der Waals surface area contributed by atoms with Crippen LogP contribution in [0.4, 0.5) is 4.79 Å². The van der Waals surface area contributed by atoms with Gasteiger partial charge >= 0.3 is 16.1 Å². The highest BCUT2D eigenvalue weighted by molar-refractivity contribution is 7.90. The van der Waals surface area contributed by atoms with Gasteiger partial charge in [0, 0.05) is 6.20 Å². The Hall–Kier alpha value is -3.22. The Morgan fingerprint density at radius 1 is 0.906 bits per heavy atom. The number of rotatable bonds is 5. The molecule has 0 saturated carbocycles. The van der Waals surface area contributed by atoms with Crippen LogP contribution in [0, 0.1) is 13.8 Å². The Kier molecular flexibility index (Phi) is 6.67. The maximum absolute atomic E-state index is 12.6. The molecule has 12 heteroatoms. The van der Waals surface area contributed by atoms with Gasteiger partial charge in [0.05, 0.1) is 16.3 Å². The summed E-state index contributed by atoms with van der Waals surface area (Å²) in [7, 11) is -8.37. The highest BCUT2D eigenvalue weighted by Crippen LogP contribution is 2.17. The van der Waals surface area contributed by atoms with Crippen LogP contribution in [0.3, 0.4) is 0 Å². The third-order valence-electron chi connectivity index (χ3n) is 4.32. The monoisotopic (exact) mass is 478 g/mol. The molecular weight excluding hydrogens is 456 g/mol. The van der Waals surface area contributed by atoms with Crippen molar-refractivity contribution in [2.75, 3.05) is 6.54 Å². The summed E-state index contributed by atoms with van der Waals surface area (Å²) in [6, 6.07) is 10.8. The van der Waals surface area contributed by atoms with Crippen LogP contribution in [0.25, 0.3) is 0 Å². The van der Waals surface area contributed by atoms with Crippen LogP contribution in [-0.4, -0.2) is 40.4 Å². The number of urea groups is 1. The van der Waals surface area contributed by atoms with E-state index >= 15 is 0 Å². The van der Waals surface area contributed by atoms with Gasteiger partial charge in [-0.2, -0.15) is 13.5 Å². The predicted octanol–water partition coefficient (Wildman–Crippen LogP) is 2.19. The molecule has 0 aliphatic carbocycles. The van der Waals surface area contributed by atoms with Crippen LogP contribution in [0.15, 0.2) is 75.1 Å². The number of hydroxylamine groups is 2. The van der Waals surface area contributed by atoms with Gasteiger partial charge in [0.25, 0.3) is 10.0 Å². The summed E-state index contributed by atoms with van der Waals surface area (Å²) < 4.78 is 57.1. The molecule has 1 aliphatic heterocycles. The molecule has 1 aliphatic rings. The van der Waals surface area contributed by atoms with Gasteiger partial charge in [0.1, 0.15) is 0 Å². The number of hydrogen-bond acceptors (Lipinski definition) is 8. The van der Waals surface area contributed by atoms with Crippen molar-refractivity contribution in [1.29, 1.82) is 0 Å². The molecule has 0 radical (unpaired) electrons. The minimum Gasteiger partial charge on any atom is -0.275 e. The standard InChI is InChI=1S/C20H22N4O6S2/c1-14-4-8-17(9-5-14)31(26,27)23-20(25)22-19-21-12-16(3)13-24(19)30-32(28,29)18-10-6-15(2)7-11-18/h4-12H,13H2,1-3H3,(H2,21,22,23,25). The largest absolute Gasteiger partial charge is 0.335 e. The zero-order valence-electron chi connectivity index (χ0n) is 17.6. The molecular formula is C20H22N4O6S2. The van der Waals surface area contributed by atoms with Gasteiger partial charge in [-0.05, 0) is 50.6 Å². The van der Waals surface area contributed by atoms with E-state index in [1.807, 2.05) is 11.6 Å². The van der Waals surface area contributed by atoms with Crippen LogP contribution >= 0.6 is 0 Å². The SMILES string of the molecule is CC1=CN=C(NC(=O)NS(=O)(=O)c2ccc(C)cc2)N(OS(=O)(=O)c2ccc(C)cc2)C1. The molecule has 0 bridgehead atoms. The molecule has 170 valence electrons. The van der Waals surface area contributed by atoms with E-state index in [0.717, 1.165) is 16.2 Å². The number of guanidine groups is 1. The Morgan fingerprint density at radius 2 is 1.44 bits per heavy atom. The number of nitrogens with one attached hydrogen (secondary N) is 2. The summed E-state index contributed by atoms with van der Waals surface area (Å²) in [5.74, 6) is -0.289. The lowest BCUT2D eigenvalue weighted by Gasteiger charge is -2.26. The van der Waals surface area contributed by atoms with E-state index in [9.17, 15) is 21.6 Å². The second-order valence-corrected chi connectivity index (χ2v) is 10.4. The predicted molar refractivity (Wildman–Crippen MR) is 117 cm³/mol. The molecule has 2 amide bonds. The van der Waals surface area contributed by atoms with Gasteiger partial charge in [-0.25, -0.2) is 22.9 Å². The number of nitrogens with zero attached hydrogens (tertiary/aromatic N) is 2. The number of amides is 2. The van der Waals surface area contributed by atoms with Crippen LogP contribution in [0.1, 0.15) is 18.1 Å². The number of carbonyl (C=O) groups excluding carboxylic acids is 1. The van der Waals surface area contributed by atoms with E-state index in [2.05, 4.69) is 10.3 Å². The lowest BCUT2D eigenvalue weighted by Crippen LogP contribution is -2.50. The molecule has 32 heavy (non-hydrogen) atoms. The summed E-state index contributed by atoms with van der Waals surface area (Å²) in [5, 5.41) is 3.09. The Labute approximate surface area is 186 Å². The topological polar surface area (TPSA) is 134 Å². The third-order valence-corrected chi connectivity index (χ3v) is 6.89. The van der Waals surface area contributed by atoms with Gasteiger partial charge < -0.3 is 0 Å². The quantitative estimate of drug-likeness (QED) is 0.673. The first-order chi connectivity index (χ1) is 15.0. The lowest BCUT2D eigenvalue weighted by atomic mass is 10.2. The van der Waals surface area contributed by atoms with Crippen molar-refractivity contribution >= 4 is 32.1 Å². The fraction of sp³-hybridized carbons (Fsp3) is 0.200. The van der Waals surface area contributed by atoms with Gasteiger partial charge in [-0.1, -0.05) is 35.4 Å². The molecule has 0 spiro atoms. The summed E-state index contributed by atoms with van der Waals surface area (Å²) in [5.41, 5.74) is 2.38. The Morgan fingerprint density at radius 3 is 2.00 bits per heavy atom. The second kappa shape index (κ2) is 9.10. The maximum atomic E-state index is 12.6. The maximum Gasteiger partial charge on any atom is 0.335 e. The smallest absolute Gasteiger partial charge is 0.275 e. The highest BCUT2D eigenvalue weighted by Gasteiger charge is 2.27. The van der Waals surface area contributed by atoms with E-state index < -0.39 is 26.2 Å². The minimum atomic E-state index is -4.22. The second-order valence-electron chi connectivity index (χ2n) is 7.18. The molecule has 0 saturated heterocycles. The molecule has 0 atom stereocenters. The summed E-state index contributed by atoms with van der Waals surface area (Å²) in [6.07, 6.45) is 1.41. The number of benzene rings is 2. The van der Waals surface area contributed by atoms with Gasteiger partial charge in [0.2, 0.25) is 5.96 Å². The number of carbonyl (C=O) groups is 1. The fourth-order valence-electron chi connectivity index (χ4n) is 2.63. The first kappa shape index (κ1) is 23.4. The first-order valence-electron chi connectivity index (χ1n) is 9.39. The van der Waals surface area contributed by atoms with Gasteiger partial charge in [-0.3, -0.25) is 5.32 Å². The van der Waals surface area contributed by atoms with E-state index in [1.54, 1.807) is 38.1 Å². The average molecular weight is 479 g/mol. The van der Waals surface area contributed by atoms with Crippen molar-refractivity contribution in [1.82, 2.24) is 15.1 Å². The zero-order valence-corrected chi connectivity index (χ0v) is 19.2. The normalized spacial score (nSPS) is 14.4. The molecule has 3 rings (SSSR count).